The molecule has 0 unspecified atom stereocenters. The number of nitrogens with two attached hydrogens (primary N) is 1. The summed E-state index contributed by atoms with van der Waals surface area (Å²) < 4.78 is 5.36. The van der Waals surface area contributed by atoms with E-state index in [2.05, 4.69) is 16.8 Å². The van der Waals surface area contributed by atoms with Gasteiger partial charge >= 0.3 is 0 Å². The SMILES string of the molecule is CCC1(N)CN(c2nccc3occc23)C1. The minimum atomic E-state index is -0.0341. The van der Waals surface area contributed by atoms with Crippen LogP contribution < -0.4 is 10.6 Å². The summed E-state index contributed by atoms with van der Waals surface area (Å²) in [5, 5.41) is 1.07. The number of fused-ring (bicyclic) bond motifs is 1. The Morgan fingerprint density at radius 2 is 2.31 bits per heavy atom. The fourth-order valence-corrected chi connectivity index (χ4v) is 2.22. The van der Waals surface area contributed by atoms with E-state index in [-0.39, 0.29) is 5.54 Å². The maximum Gasteiger partial charge on any atom is 0.139 e. The lowest BCUT2D eigenvalue weighted by atomic mass is 9.88. The van der Waals surface area contributed by atoms with Gasteiger partial charge in [-0.1, -0.05) is 6.92 Å². The molecule has 0 radical (unpaired) electrons. The molecule has 0 atom stereocenters. The predicted molar refractivity (Wildman–Crippen MR) is 63.4 cm³/mol. The Morgan fingerprint density at radius 1 is 1.50 bits per heavy atom. The van der Waals surface area contributed by atoms with Gasteiger partial charge in [-0.05, 0) is 18.6 Å². The number of pyridine rings is 1. The van der Waals surface area contributed by atoms with Gasteiger partial charge in [0.1, 0.15) is 11.4 Å². The molecule has 1 saturated heterocycles. The minimum Gasteiger partial charge on any atom is -0.464 e. The number of anilines is 1. The fraction of sp³-hybridized carbons (Fsp3) is 0.417. The Kier molecular flexibility index (Phi) is 1.94. The van der Waals surface area contributed by atoms with Crippen molar-refractivity contribution >= 4 is 16.8 Å². The number of furan rings is 1. The van der Waals surface area contributed by atoms with Crippen molar-refractivity contribution in [1.29, 1.82) is 0 Å². The minimum absolute atomic E-state index is 0.0341. The van der Waals surface area contributed by atoms with Gasteiger partial charge in [-0.3, -0.25) is 0 Å². The summed E-state index contributed by atoms with van der Waals surface area (Å²) >= 11 is 0. The second-order valence-electron chi connectivity index (χ2n) is 4.54. The maximum atomic E-state index is 6.16. The molecule has 3 rings (SSSR count). The summed E-state index contributed by atoms with van der Waals surface area (Å²) in [5.41, 5.74) is 7.01. The van der Waals surface area contributed by atoms with Gasteiger partial charge in [0, 0.05) is 19.3 Å². The highest BCUT2D eigenvalue weighted by atomic mass is 16.3. The van der Waals surface area contributed by atoms with Gasteiger partial charge in [-0.25, -0.2) is 4.98 Å². The van der Waals surface area contributed by atoms with Crippen LogP contribution in [-0.4, -0.2) is 23.6 Å². The third-order valence-electron chi connectivity index (χ3n) is 3.37. The molecule has 2 aromatic heterocycles. The second-order valence-corrected chi connectivity index (χ2v) is 4.54. The first-order chi connectivity index (χ1) is 7.72. The molecule has 0 aromatic carbocycles. The average Bonchev–Trinajstić information content (AvgIpc) is 2.72. The summed E-state index contributed by atoms with van der Waals surface area (Å²) in [6.45, 7) is 3.88. The van der Waals surface area contributed by atoms with E-state index in [1.807, 2.05) is 12.1 Å². The first-order valence-corrected chi connectivity index (χ1v) is 5.58. The topological polar surface area (TPSA) is 55.3 Å². The lowest BCUT2D eigenvalue weighted by Gasteiger charge is -2.48. The lowest BCUT2D eigenvalue weighted by Crippen LogP contribution is -2.67. The van der Waals surface area contributed by atoms with Crippen molar-refractivity contribution in [3.63, 3.8) is 0 Å². The number of hydrogen-bond acceptors (Lipinski definition) is 4. The number of nitrogens with zero attached hydrogens (tertiary/aromatic N) is 2. The van der Waals surface area contributed by atoms with Crippen molar-refractivity contribution in [3.8, 4) is 0 Å². The molecule has 0 bridgehead atoms. The molecule has 0 saturated carbocycles. The zero-order valence-corrected chi connectivity index (χ0v) is 9.31. The van der Waals surface area contributed by atoms with Gasteiger partial charge in [0.05, 0.1) is 17.2 Å². The van der Waals surface area contributed by atoms with E-state index < -0.39 is 0 Å². The number of hydrogen-bond donors (Lipinski definition) is 1. The molecule has 4 heteroatoms. The molecule has 0 aliphatic carbocycles. The Labute approximate surface area is 94.0 Å². The summed E-state index contributed by atoms with van der Waals surface area (Å²) in [5.74, 6) is 0.987. The van der Waals surface area contributed by atoms with Crippen molar-refractivity contribution in [2.24, 2.45) is 5.73 Å². The van der Waals surface area contributed by atoms with Crippen LogP contribution >= 0.6 is 0 Å². The molecular weight excluding hydrogens is 202 g/mol. The third-order valence-corrected chi connectivity index (χ3v) is 3.37. The highest BCUT2D eigenvalue weighted by molar-refractivity contribution is 5.88. The van der Waals surface area contributed by atoms with Gasteiger partial charge in [-0.2, -0.15) is 0 Å². The van der Waals surface area contributed by atoms with Crippen LogP contribution in [0.5, 0.6) is 0 Å². The van der Waals surface area contributed by atoms with E-state index in [1.165, 1.54) is 0 Å². The van der Waals surface area contributed by atoms with Crippen molar-refractivity contribution in [2.45, 2.75) is 18.9 Å². The Bertz CT molecular complexity index is 514. The lowest BCUT2D eigenvalue weighted by molar-refractivity contribution is 0.321. The van der Waals surface area contributed by atoms with Crippen LogP contribution in [0.25, 0.3) is 11.0 Å². The van der Waals surface area contributed by atoms with E-state index >= 15 is 0 Å². The normalized spacial score (nSPS) is 18.8. The van der Waals surface area contributed by atoms with E-state index in [9.17, 15) is 0 Å². The van der Waals surface area contributed by atoms with Crippen molar-refractivity contribution in [1.82, 2.24) is 4.98 Å². The molecule has 84 valence electrons. The molecule has 16 heavy (non-hydrogen) atoms. The predicted octanol–water partition coefficient (Wildman–Crippen LogP) is 1.76. The van der Waals surface area contributed by atoms with Gasteiger partial charge < -0.3 is 15.1 Å². The quantitative estimate of drug-likeness (QED) is 0.832. The molecule has 2 aromatic rings. The van der Waals surface area contributed by atoms with E-state index in [0.29, 0.717) is 0 Å². The highest BCUT2D eigenvalue weighted by Crippen LogP contribution is 2.32. The average molecular weight is 217 g/mol. The molecular formula is C12H15N3O. The van der Waals surface area contributed by atoms with Crippen LogP contribution in [0.15, 0.2) is 29.0 Å². The van der Waals surface area contributed by atoms with Crippen molar-refractivity contribution < 1.29 is 4.42 Å². The molecule has 0 spiro atoms. The third kappa shape index (κ3) is 1.30. The maximum absolute atomic E-state index is 6.16. The first-order valence-electron chi connectivity index (χ1n) is 5.58. The Balaban J connectivity index is 1.94. The molecule has 2 N–H and O–H groups in total. The van der Waals surface area contributed by atoms with E-state index in [4.69, 9.17) is 10.2 Å². The summed E-state index contributed by atoms with van der Waals surface area (Å²) in [6, 6.07) is 3.84. The molecule has 3 heterocycles. The Morgan fingerprint density at radius 3 is 3.06 bits per heavy atom. The first kappa shape index (κ1) is 9.66. The summed E-state index contributed by atoms with van der Waals surface area (Å²) in [7, 11) is 0. The standard InChI is InChI=1S/C12H15N3O/c1-2-12(13)7-15(8-12)11-9-4-6-16-10(9)3-5-14-11/h3-6H,2,7-8,13H2,1H3. The fourth-order valence-electron chi connectivity index (χ4n) is 2.22. The van der Waals surface area contributed by atoms with E-state index in [0.717, 1.165) is 36.3 Å². The monoisotopic (exact) mass is 217 g/mol. The van der Waals surface area contributed by atoms with Gasteiger partial charge in [0.15, 0.2) is 0 Å². The van der Waals surface area contributed by atoms with Gasteiger partial charge in [0.2, 0.25) is 0 Å². The zero-order chi connectivity index (χ0) is 11.2. The molecule has 0 amide bonds. The van der Waals surface area contributed by atoms with Crippen LogP contribution in [0.2, 0.25) is 0 Å². The van der Waals surface area contributed by atoms with Crippen LogP contribution in [0.3, 0.4) is 0 Å². The second kappa shape index (κ2) is 3.22. The summed E-state index contributed by atoms with van der Waals surface area (Å²) in [6.07, 6.45) is 4.49. The van der Waals surface area contributed by atoms with E-state index in [1.54, 1.807) is 12.5 Å². The summed E-state index contributed by atoms with van der Waals surface area (Å²) in [4.78, 5) is 6.62. The van der Waals surface area contributed by atoms with Crippen LogP contribution in [-0.2, 0) is 0 Å². The van der Waals surface area contributed by atoms with Crippen LogP contribution in [0.4, 0.5) is 5.82 Å². The highest BCUT2D eigenvalue weighted by Gasteiger charge is 2.39. The molecule has 1 fully saturated rings. The molecule has 1 aliphatic heterocycles. The van der Waals surface area contributed by atoms with Gasteiger partial charge in [-0.15, -0.1) is 0 Å². The largest absolute Gasteiger partial charge is 0.464 e. The molecule has 1 aliphatic rings. The van der Waals surface area contributed by atoms with Gasteiger partial charge in [0.25, 0.3) is 0 Å². The number of aromatic nitrogens is 1. The van der Waals surface area contributed by atoms with Crippen LogP contribution in [0.1, 0.15) is 13.3 Å². The Hall–Kier alpha value is -1.55. The zero-order valence-electron chi connectivity index (χ0n) is 9.31. The van der Waals surface area contributed by atoms with Crippen LogP contribution in [0, 0.1) is 0 Å². The molecule has 4 nitrogen and oxygen atoms in total. The van der Waals surface area contributed by atoms with Crippen molar-refractivity contribution in [3.05, 3.63) is 24.6 Å². The smallest absolute Gasteiger partial charge is 0.139 e. The number of rotatable bonds is 2. The van der Waals surface area contributed by atoms with Crippen molar-refractivity contribution in [2.75, 3.05) is 18.0 Å².